The quantitative estimate of drug-likeness (QED) is 0.417. The van der Waals surface area contributed by atoms with Gasteiger partial charge in [0.15, 0.2) is 0 Å². The summed E-state index contributed by atoms with van der Waals surface area (Å²) in [6.07, 6.45) is 0.811. The molecule has 0 radical (unpaired) electrons. The number of nitrogens with one attached hydrogen (secondary N) is 3. The average molecular weight is 494 g/mol. The Morgan fingerprint density at radius 3 is 2.12 bits per heavy atom. The third kappa shape index (κ3) is 7.06. The highest BCUT2D eigenvalue weighted by Crippen LogP contribution is 2.15. The van der Waals surface area contributed by atoms with E-state index in [1.807, 2.05) is 30.3 Å². The van der Waals surface area contributed by atoms with Crippen molar-refractivity contribution in [2.75, 3.05) is 18.4 Å². The number of rotatable bonds is 9. The molecule has 0 saturated heterocycles. The van der Waals surface area contributed by atoms with Crippen LogP contribution in [0.25, 0.3) is 0 Å². The minimum absolute atomic E-state index is 0.0895. The van der Waals surface area contributed by atoms with Gasteiger partial charge in [-0.05, 0) is 48.4 Å². The summed E-state index contributed by atoms with van der Waals surface area (Å²) in [6, 6.07) is 23.7. The van der Waals surface area contributed by atoms with Gasteiger partial charge in [0.1, 0.15) is 0 Å². The zero-order valence-corrected chi connectivity index (χ0v) is 19.0. The second-order valence-electron chi connectivity index (χ2n) is 7.10. The summed E-state index contributed by atoms with van der Waals surface area (Å²) < 4.78 is 0.885. The molecule has 3 aromatic rings. The van der Waals surface area contributed by atoms with Gasteiger partial charge in [0.2, 0.25) is 5.91 Å². The molecule has 6 nitrogen and oxygen atoms in total. The van der Waals surface area contributed by atoms with Gasteiger partial charge in [-0.2, -0.15) is 0 Å². The van der Waals surface area contributed by atoms with Gasteiger partial charge in [0.05, 0.1) is 11.3 Å². The maximum absolute atomic E-state index is 12.6. The van der Waals surface area contributed by atoms with E-state index in [0.717, 1.165) is 16.5 Å². The van der Waals surface area contributed by atoms with Crippen molar-refractivity contribution in [3.05, 3.63) is 100 Å². The van der Waals surface area contributed by atoms with Gasteiger partial charge in [0, 0.05) is 29.5 Å². The van der Waals surface area contributed by atoms with Gasteiger partial charge in [0.25, 0.3) is 11.8 Å². The van der Waals surface area contributed by atoms with Crippen LogP contribution < -0.4 is 16.0 Å². The first-order valence-electron chi connectivity index (χ1n) is 10.3. The lowest BCUT2D eigenvalue weighted by molar-refractivity contribution is -0.116. The van der Waals surface area contributed by atoms with E-state index >= 15 is 0 Å². The first-order valence-corrected chi connectivity index (χ1v) is 11.1. The van der Waals surface area contributed by atoms with Gasteiger partial charge < -0.3 is 16.0 Å². The molecular weight excluding hydrogens is 470 g/mol. The fourth-order valence-corrected chi connectivity index (χ4v) is 3.32. The van der Waals surface area contributed by atoms with Gasteiger partial charge in [-0.1, -0.05) is 58.4 Å². The Balaban J connectivity index is 1.48. The standard InChI is InChI=1S/C25H24BrN3O3/c26-20-12-10-19(11-13-20)24(31)27-17-15-23(30)29-22-9-5-4-8-21(22)25(32)28-16-14-18-6-2-1-3-7-18/h1-13H,14-17H2,(H,27,31)(H,28,32)(H,29,30). The van der Waals surface area contributed by atoms with E-state index in [2.05, 4.69) is 31.9 Å². The summed E-state index contributed by atoms with van der Waals surface area (Å²) in [5.41, 5.74) is 2.49. The summed E-state index contributed by atoms with van der Waals surface area (Å²) in [5.74, 6) is -0.783. The van der Waals surface area contributed by atoms with Crippen molar-refractivity contribution in [2.45, 2.75) is 12.8 Å². The predicted molar refractivity (Wildman–Crippen MR) is 129 cm³/mol. The largest absolute Gasteiger partial charge is 0.352 e. The van der Waals surface area contributed by atoms with E-state index in [4.69, 9.17) is 0 Å². The smallest absolute Gasteiger partial charge is 0.253 e. The van der Waals surface area contributed by atoms with Crippen molar-refractivity contribution < 1.29 is 14.4 Å². The number of anilines is 1. The highest BCUT2D eigenvalue weighted by atomic mass is 79.9. The van der Waals surface area contributed by atoms with Crippen LogP contribution in [-0.4, -0.2) is 30.8 Å². The highest BCUT2D eigenvalue weighted by Gasteiger charge is 2.13. The normalized spacial score (nSPS) is 10.3. The molecule has 0 unspecified atom stereocenters. The Kier molecular flexibility index (Phi) is 8.57. The zero-order chi connectivity index (χ0) is 22.8. The average Bonchev–Trinajstić information content (AvgIpc) is 2.80. The first kappa shape index (κ1) is 23.2. The van der Waals surface area contributed by atoms with Crippen LogP contribution in [-0.2, 0) is 11.2 Å². The lowest BCUT2D eigenvalue weighted by Crippen LogP contribution is -2.29. The third-order valence-corrected chi connectivity index (χ3v) is 5.26. The molecule has 0 saturated carbocycles. The van der Waals surface area contributed by atoms with Crippen LogP contribution in [0.1, 0.15) is 32.7 Å². The van der Waals surface area contributed by atoms with E-state index in [9.17, 15) is 14.4 Å². The molecule has 0 aromatic heterocycles. The second kappa shape index (κ2) is 11.8. The molecule has 32 heavy (non-hydrogen) atoms. The second-order valence-corrected chi connectivity index (χ2v) is 8.01. The molecule has 0 bridgehead atoms. The molecule has 0 spiro atoms. The summed E-state index contributed by atoms with van der Waals surface area (Å²) in [4.78, 5) is 37.1. The minimum Gasteiger partial charge on any atom is -0.352 e. The van der Waals surface area contributed by atoms with Crippen molar-refractivity contribution in [1.29, 1.82) is 0 Å². The Morgan fingerprint density at radius 2 is 1.38 bits per heavy atom. The van der Waals surface area contributed by atoms with Crippen molar-refractivity contribution in [1.82, 2.24) is 10.6 Å². The Labute approximate surface area is 195 Å². The minimum atomic E-state index is -0.286. The zero-order valence-electron chi connectivity index (χ0n) is 17.4. The van der Waals surface area contributed by atoms with Crippen molar-refractivity contribution in [3.8, 4) is 0 Å². The molecule has 7 heteroatoms. The molecule has 164 valence electrons. The number of carbonyl (C=O) groups is 3. The molecule has 0 atom stereocenters. The summed E-state index contributed by atoms with van der Waals surface area (Å²) in [7, 11) is 0. The monoisotopic (exact) mass is 493 g/mol. The van der Waals surface area contributed by atoms with Crippen LogP contribution in [0, 0.1) is 0 Å². The number of para-hydroxylation sites is 1. The molecule has 0 aliphatic heterocycles. The fourth-order valence-electron chi connectivity index (χ4n) is 3.06. The van der Waals surface area contributed by atoms with E-state index in [1.54, 1.807) is 48.5 Å². The van der Waals surface area contributed by atoms with Crippen molar-refractivity contribution in [2.24, 2.45) is 0 Å². The number of hydrogen-bond acceptors (Lipinski definition) is 3. The van der Waals surface area contributed by atoms with Crippen molar-refractivity contribution >= 4 is 39.3 Å². The van der Waals surface area contributed by atoms with Crippen LogP contribution in [0.5, 0.6) is 0 Å². The number of benzene rings is 3. The lowest BCUT2D eigenvalue weighted by Gasteiger charge is -2.12. The van der Waals surface area contributed by atoms with E-state index in [0.29, 0.717) is 23.4 Å². The van der Waals surface area contributed by atoms with E-state index in [-0.39, 0.29) is 30.7 Å². The molecule has 0 aliphatic rings. The summed E-state index contributed by atoms with van der Waals surface area (Å²) in [6.45, 7) is 0.680. The van der Waals surface area contributed by atoms with Crippen LogP contribution in [0.2, 0.25) is 0 Å². The molecule has 3 amide bonds. The van der Waals surface area contributed by atoms with Crippen molar-refractivity contribution in [3.63, 3.8) is 0 Å². The van der Waals surface area contributed by atoms with Gasteiger partial charge in [-0.25, -0.2) is 0 Å². The molecule has 0 fully saturated rings. The maximum Gasteiger partial charge on any atom is 0.253 e. The molecule has 0 heterocycles. The highest BCUT2D eigenvalue weighted by molar-refractivity contribution is 9.10. The fraction of sp³-hybridized carbons (Fsp3) is 0.160. The SMILES string of the molecule is O=C(CCNC(=O)c1ccc(Br)cc1)Nc1ccccc1C(=O)NCCc1ccccc1. The lowest BCUT2D eigenvalue weighted by atomic mass is 10.1. The Hall–Kier alpha value is -3.45. The van der Waals surface area contributed by atoms with Crippen LogP contribution >= 0.6 is 15.9 Å². The maximum atomic E-state index is 12.6. The topological polar surface area (TPSA) is 87.3 Å². The molecular formula is C25H24BrN3O3. The van der Waals surface area contributed by atoms with Crippen LogP contribution in [0.15, 0.2) is 83.3 Å². The van der Waals surface area contributed by atoms with E-state index < -0.39 is 0 Å². The van der Waals surface area contributed by atoms with Gasteiger partial charge in [-0.15, -0.1) is 0 Å². The van der Waals surface area contributed by atoms with Gasteiger partial charge >= 0.3 is 0 Å². The molecule has 3 aromatic carbocycles. The number of halogens is 1. The molecule has 3 N–H and O–H groups in total. The van der Waals surface area contributed by atoms with Gasteiger partial charge in [-0.3, -0.25) is 14.4 Å². The Bertz CT molecular complexity index is 1070. The van der Waals surface area contributed by atoms with Crippen LogP contribution in [0.4, 0.5) is 5.69 Å². The predicted octanol–water partition coefficient (Wildman–Crippen LogP) is 4.18. The molecule has 0 aliphatic carbocycles. The number of amides is 3. The van der Waals surface area contributed by atoms with Crippen LogP contribution in [0.3, 0.4) is 0 Å². The summed E-state index contributed by atoms with van der Waals surface area (Å²) in [5, 5.41) is 8.38. The first-order chi connectivity index (χ1) is 15.5. The number of carbonyl (C=O) groups excluding carboxylic acids is 3. The van der Waals surface area contributed by atoms with E-state index in [1.165, 1.54) is 0 Å². The molecule has 3 rings (SSSR count). The third-order valence-electron chi connectivity index (χ3n) is 4.73. The number of hydrogen-bond donors (Lipinski definition) is 3. The summed E-state index contributed by atoms with van der Waals surface area (Å²) >= 11 is 3.33. The Morgan fingerprint density at radius 1 is 0.719 bits per heavy atom.